The van der Waals surface area contributed by atoms with Gasteiger partial charge in [0, 0.05) is 18.3 Å². The fourth-order valence-electron chi connectivity index (χ4n) is 1.36. The van der Waals surface area contributed by atoms with E-state index in [2.05, 4.69) is 11.9 Å². The van der Waals surface area contributed by atoms with Gasteiger partial charge in [-0.3, -0.25) is 0 Å². The Hall–Kier alpha value is -1.57. The predicted molar refractivity (Wildman–Crippen MR) is 59.8 cm³/mol. The minimum atomic E-state index is -0.238. The summed E-state index contributed by atoms with van der Waals surface area (Å²) in [6.45, 7) is 5.65. The number of halogens is 1. The van der Waals surface area contributed by atoms with Gasteiger partial charge < -0.3 is 5.32 Å². The van der Waals surface area contributed by atoms with Crippen molar-refractivity contribution in [2.24, 2.45) is 0 Å². The van der Waals surface area contributed by atoms with Crippen molar-refractivity contribution in [2.75, 3.05) is 12.4 Å². The second-order valence-electron chi connectivity index (χ2n) is 2.89. The maximum absolute atomic E-state index is 12.9. The molecule has 0 saturated carbocycles. The lowest BCUT2D eigenvalue weighted by molar-refractivity contribution is 0.628. The van der Waals surface area contributed by atoms with Gasteiger partial charge in [0.25, 0.3) is 0 Å². The molecule has 1 aromatic rings. The molecule has 1 rings (SSSR count). The van der Waals surface area contributed by atoms with Crippen LogP contribution in [0.15, 0.2) is 36.9 Å². The second kappa shape index (κ2) is 4.61. The zero-order valence-corrected chi connectivity index (χ0v) is 8.47. The standard InChI is InChI=1S/C12H14FN/c1-4-9(5-2)11-7-6-10(13)8-12(11)14-3/h4-8,14H,1H2,2-3H3/b9-5+. The average Bonchev–Trinajstić information content (AvgIpc) is 2.21. The van der Waals surface area contributed by atoms with Gasteiger partial charge in [-0.2, -0.15) is 0 Å². The SMILES string of the molecule is C=C/C(=C\C)c1ccc(F)cc1NC. The summed E-state index contributed by atoms with van der Waals surface area (Å²) in [6.07, 6.45) is 3.70. The quantitative estimate of drug-likeness (QED) is 0.721. The summed E-state index contributed by atoms with van der Waals surface area (Å²) in [4.78, 5) is 0. The molecule has 0 aliphatic carbocycles. The van der Waals surface area contributed by atoms with E-state index in [4.69, 9.17) is 0 Å². The Labute approximate surface area is 84.0 Å². The first-order valence-electron chi connectivity index (χ1n) is 4.49. The summed E-state index contributed by atoms with van der Waals surface area (Å²) >= 11 is 0. The molecule has 0 aliphatic rings. The molecule has 0 heterocycles. The van der Waals surface area contributed by atoms with Gasteiger partial charge in [0.2, 0.25) is 0 Å². The highest BCUT2D eigenvalue weighted by Crippen LogP contribution is 2.25. The Balaban J connectivity index is 3.26. The van der Waals surface area contributed by atoms with Gasteiger partial charge in [0.15, 0.2) is 0 Å². The first-order valence-corrected chi connectivity index (χ1v) is 4.49. The molecule has 0 aliphatic heterocycles. The third-order valence-corrected chi connectivity index (χ3v) is 2.09. The molecule has 0 amide bonds. The number of nitrogens with one attached hydrogen (secondary N) is 1. The zero-order valence-electron chi connectivity index (χ0n) is 8.47. The van der Waals surface area contributed by atoms with E-state index >= 15 is 0 Å². The Kier molecular flexibility index (Phi) is 3.46. The van der Waals surface area contributed by atoms with Crippen LogP contribution >= 0.6 is 0 Å². The summed E-state index contributed by atoms with van der Waals surface area (Å²) in [6, 6.07) is 4.67. The van der Waals surface area contributed by atoms with Crippen LogP contribution in [-0.4, -0.2) is 7.05 Å². The number of hydrogen-bond donors (Lipinski definition) is 1. The summed E-state index contributed by atoms with van der Waals surface area (Å²) in [7, 11) is 1.77. The number of rotatable bonds is 3. The monoisotopic (exact) mass is 191 g/mol. The van der Waals surface area contributed by atoms with Gasteiger partial charge >= 0.3 is 0 Å². The van der Waals surface area contributed by atoms with E-state index in [0.717, 1.165) is 16.8 Å². The van der Waals surface area contributed by atoms with Gasteiger partial charge in [0.05, 0.1) is 0 Å². The number of allylic oxidation sites excluding steroid dienone is 3. The van der Waals surface area contributed by atoms with Gasteiger partial charge in [-0.25, -0.2) is 4.39 Å². The predicted octanol–water partition coefficient (Wildman–Crippen LogP) is 3.46. The first kappa shape index (κ1) is 10.5. The molecule has 1 nitrogen and oxygen atoms in total. The lowest BCUT2D eigenvalue weighted by atomic mass is 10.0. The highest BCUT2D eigenvalue weighted by Gasteiger charge is 2.04. The van der Waals surface area contributed by atoms with E-state index in [1.165, 1.54) is 12.1 Å². The third kappa shape index (κ3) is 2.02. The fourth-order valence-corrected chi connectivity index (χ4v) is 1.36. The molecular formula is C12H14FN. The highest BCUT2D eigenvalue weighted by molar-refractivity contribution is 5.81. The molecule has 0 aromatic heterocycles. The molecule has 0 fully saturated rings. The molecule has 0 unspecified atom stereocenters. The van der Waals surface area contributed by atoms with E-state index in [1.54, 1.807) is 19.2 Å². The van der Waals surface area contributed by atoms with E-state index < -0.39 is 0 Å². The maximum Gasteiger partial charge on any atom is 0.125 e. The van der Waals surface area contributed by atoms with Crippen molar-refractivity contribution in [3.05, 3.63) is 48.3 Å². The summed E-state index contributed by atoms with van der Waals surface area (Å²) < 4.78 is 12.9. The normalized spacial score (nSPS) is 11.2. The van der Waals surface area contributed by atoms with Crippen molar-refractivity contribution in [2.45, 2.75) is 6.92 Å². The first-order chi connectivity index (χ1) is 6.72. The highest BCUT2D eigenvalue weighted by atomic mass is 19.1. The van der Waals surface area contributed by atoms with Crippen molar-refractivity contribution in [3.63, 3.8) is 0 Å². The molecule has 14 heavy (non-hydrogen) atoms. The number of hydrogen-bond acceptors (Lipinski definition) is 1. The molecule has 0 radical (unpaired) electrons. The van der Waals surface area contributed by atoms with E-state index in [0.29, 0.717) is 0 Å². The molecule has 0 spiro atoms. The Morgan fingerprint density at radius 3 is 2.71 bits per heavy atom. The molecule has 0 saturated heterocycles. The zero-order chi connectivity index (χ0) is 10.6. The Morgan fingerprint density at radius 2 is 2.21 bits per heavy atom. The van der Waals surface area contributed by atoms with Crippen LogP contribution in [0.25, 0.3) is 5.57 Å². The number of benzene rings is 1. The molecule has 74 valence electrons. The lowest BCUT2D eigenvalue weighted by Crippen LogP contribution is -1.94. The maximum atomic E-state index is 12.9. The van der Waals surface area contributed by atoms with E-state index in [-0.39, 0.29) is 5.82 Å². The van der Waals surface area contributed by atoms with Gasteiger partial charge in [-0.15, -0.1) is 0 Å². The molecule has 2 heteroatoms. The van der Waals surface area contributed by atoms with Crippen LogP contribution in [0.2, 0.25) is 0 Å². The largest absolute Gasteiger partial charge is 0.388 e. The van der Waals surface area contributed by atoms with Crippen LogP contribution in [0.1, 0.15) is 12.5 Å². The summed E-state index contributed by atoms with van der Waals surface area (Å²) in [5.41, 5.74) is 2.73. The lowest BCUT2D eigenvalue weighted by Gasteiger charge is -2.09. The van der Waals surface area contributed by atoms with Crippen molar-refractivity contribution in [1.29, 1.82) is 0 Å². The van der Waals surface area contributed by atoms with Crippen molar-refractivity contribution in [3.8, 4) is 0 Å². The molecule has 1 aromatic carbocycles. The van der Waals surface area contributed by atoms with E-state index in [9.17, 15) is 4.39 Å². The Bertz CT molecular complexity index is 367. The molecular weight excluding hydrogens is 177 g/mol. The topological polar surface area (TPSA) is 12.0 Å². The van der Waals surface area contributed by atoms with Gasteiger partial charge in [-0.1, -0.05) is 18.7 Å². The minimum Gasteiger partial charge on any atom is -0.388 e. The summed E-state index contributed by atoms with van der Waals surface area (Å²) in [5, 5.41) is 2.96. The van der Waals surface area contributed by atoms with Crippen LogP contribution in [-0.2, 0) is 0 Å². The summed E-state index contributed by atoms with van der Waals surface area (Å²) in [5.74, 6) is -0.238. The van der Waals surface area contributed by atoms with Crippen LogP contribution in [0.3, 0.4) is 0 Å². The van der Waals surface area contributed by atoms with Gasteiger partial charge in [-0.05, 0) is 30.7 Å². The second-order valence-corrected chi connectivity index (χ2v) is 2.89. The smallest absolute Gasteiger partial charge is 0.125 e. The average molecular weight is 191 g/mol. The van der Waals surface area contributed by atoms with Gasteiger partial charge in [0.1, 0.15) is 5.82 Å². The fraction of sp³-hybridized carbons (Fsp3) is 0.167. The molecule has 0 atom stereocenters. The Morgan fingerprint density at radius 1 is 1.50 bits per heavy atom. The van der Waals surface area contributed by atoms with Crippen LogP contribution < -0.4 is 5.32 Å². The van der Waals surface area contributed by atoms with Crippen LogP contribution in [0, 0.1) is 5.82 Å². The number of anilines is 1. The minimum absolute atomic E-state index is 0.238. The van der Waals surface area contributed by atoms with Crippen molar-refractivity contribution < 1.29 is 4.39 Å². The third-order valence-electron chi connectivity index (χ3n) is 2.09. The van der Waals surface area contributed by atoms with E-state index in [1.807, 2.05) is 13.0 Å². The molecule has 1 N–H and O–H groups in total. The van der Waals surface area contributed by atoms with Crippen molar-refractivity contribution >= 4 is 11.3 Å². The molecule has 0 bridgehead atoms. The van der Waals surface area contributed by atoms with Crippen LogP contribution in [0.4, 0.5) is 10.1 Å². The van der Waals surface area contributed by atoms with Crippen molar-refractivity contribution in [1.82, 2.24) is 0 Å². The van der Waals surface area contributed by atoms with Crippen LogP contribution in [0.5, 0.6) is 0 Å².